The van der Waals surface area contributed by atoms with Crippen molar-refractivity contribution in [2.24, 2.45) is 11.8 Å². The second kappa shape index (κ2) is 10.6. The van der Waals surface area contributed by atoms with Gasteiger partial charge in [0, 0.05) is 51.6 Å². The van der Waals surface area contributed by atoms with E-state index in [-0.39, 0.29) is 30.1 Å². The monoisotopic (exact) mass is 415 g/mol. The number of benzene rings is 1. The molecule has 2 amide bonds. The van der Waals surface area contributed by atoms with E-state index in [2.05, 4.69) is 4.90 Å². The molecule has 0 aliphatic carbocycles. The smallest absolute Gasteiger partial charge is 0.303 e. The summed E-state index contributed by atoms with van der Waals surface area (Å²) in [7, 11) is 0. The van der Waals surface area contributed by atoms with Crippen molar-refractivity contribution in [3.63, 3.8) is 0 Å². The first-order valence-corrected chi connectivity index (χ1v) is 11.0. The minimum atomic E-state index is -0.764. The molecule has 1 N–H and O–H groups in total. The summed E-state index contributed by atoms with van der Waals surface area (Å²) in [4.78, 5) is 42.1. The predicted molar refractivity (Wildman–Crippen MR) is 114 cm³/mol. The third-order valence-corrected chi connectivity index (χ3v) is 6.49. The normalized spacial score (nSPS) is 23.1. The van der Waals surface area contributed by atoms with Crippen LogP contribution in [-0.2, 0) is 9.59 Å². The van der Waals surface area contributed by atoms with Crippen LogP contribution in [0.3, 0.4) is 0 Å². The second-order valence-corrected chi connectivity index (χ2v) is 8.51. The zero-order chi connectivity index (χ0) is 21.5. The Morgan fingerprint density at radius 1 is 0.967 bits per heavy atom. The second-order valence-electron chi connectivity index (χ2n) is 8.51. The Morgan fingerprint density at radius 2 is 1.73 bits per heavy atom. The highest BCUT2D eigenvalue weighted by atomic mass is 16.4. The summed E-state index contributed by atoms with van der Waals surface area (Å²) < 4.78 is 0. The van der Waals surface area contributed by atoms with E-state index >= 15 is 0 Å². The number of carboxylic acids is 1. The lowest BCUT2D eigenvalue weighted by molar-refractivity contribution is -0.139. The number of hydrogen-bond acceptors (Lipinski definition) is 4. The van der Waals surface area contributed by atoms with Gasteiger partial charge in [0.2, 0.25) is 5.91 Å². The van der Waals surface area contributed by atoms with E-state index in [1.54, 1.807) is 6.92 Å². The standard InChI is InChI=1S/C23H33N3O4/c1-18(27)25-11-5-10-24(14-15-25)12-8-21-17-26(13-9-20(21)16-22(28)29)23(30)19-6-3-2-4-7-19/h2-4,6-7,20-21H,5,8-17H2,1H3,(H,28,29). The largest absolute Gasteiger partial charge is 0.481 e. The highest BCUT2D eigenvalue weighted by molar-refractivity contribution is 5.94. The van der Waals surface area contributed by atoms with E-state index in [0.717, 1.165) is 52.0 Å². The lowest BCUT2D eigenvalue weighted by atomic mass is 9.81. The van der Waals surface area contributed by atoms with Gasteiger partial charge in [0.15, 0.2) is 0 Å². The SMILES string of the molecule is CC(=O)N1CCCN(CCC2CN(C(=O)c3ccccc3)CCC2CC(=O)O)CC1. The Kier molecular flexibility index (Phi) is 7.85. The molecule has 3 rings (SSSR count). The Hall–Kier alpha value is -2.41. The number of carboxylic acid groups (broad SMARTS) is 1. The van der Waals surface area contributed by atoms with Gasteiger partial charge >= 0.3 is 5.97 Å². The van der Waals surface area contributed by atoms with Crippen molar-refractivity contribution in [3.8, 4) is 0 Å². The number of amides is 2. The van der Waals surface area contributed by atoms with Crippen LogP contribution >= 0.6 is 0 Å². The van der Waals surface area contributed by atoms with Crippen LogP contribution in [-0.4, -0.2) is 83.4 Å². The van der Waals surface area contributed by atoms with Gasteiger partial charge in [0.05, 0.1) is 0 Å². The average molecular weight is 416 g/mol. The fourth-order valence-electron chi connectivity index (χ4n) is 4.71. The Bertz CT molecular complexity index is 739. The molecule has 2 atom stereocenters. The molecule has 2 saturated heterocycles. The van der Waals surface area contributed by atoms with E-state index in [9.17, 15) is 19.5 Å². The fraction of sp³-hybridized carbons (Fsp3) is 0.609. The van der Waals surface area contributed by atoms with Crippen LogP contribution in [0.4, 0.5) is 0 Å². The minimum absolute atomic E-state index is 0.0289. The molecule has 2 heterocycles. The molecule has 0 spiro atoms. The maximum atomic E-state index is 12.9. The van der Waals surface area contributed by atoms with Gasteiger partial charge in [-0.15, -0.1) is 0 Å². The summed E-state index contributed by atoms with van der Waals surface area (Å²) in [6.45, 7) is 7.06. The van der Waals surface area contributed by atoms with Gasteiger partial charge in [-0.1, -0.05) is 18.2 Å². The van der Waals surface area contributed by atoms with Gasteiger partial charge in [-0.25, -0.2) is 0 Å². The molecule has 0 saturated carbocycles. The van der Waals surface area contributed by atoms with Crippen molar-refractivity contribution in [1.82, 2.24) is 14.7 Å². The zero-order valence-corrected chi connectivity index (χ0v) is 17.8. The zero-order valence-electron chi connectivity index (χ0n) is 17.8. The average Bonchev–Trinajstić information content (AvgIpc) is 2.98. The molecule has 30 heavy (non-hydrogen) atoms. The van der Waals surface area contributed by atoms with E-state index in [1.165, 1.54) is 0 Å². The van der Waals surface area contributed by atoms with Crippen LogP contribution in [0.25, 0.3) is 0 Å². The Morgan fingerprint density at radius 3 is 2.43 bits per heavy atom. The van der Waals surface area contributed by atoms with Crippen molar-refractivity contribution in [3.05, 3.63) is 35.9 Å². The maximum absolute atomic E-state index is 12.9. The number of piperidine rings is 1. The molecule has 7 heteroatoms. The molecular weight excluding hydrogens is 382 g/mol. The Balaban J connectivity index is 1.60. The molecule has 0 radical (unpaired) electrons. The van der Waals surface area contributed by atoms with Crippen LogP contribution in [0.1, 0.15) is 43.0 Å². The summed E-state index contributed by atoms with van der Waals surface area (Å²) in [6.07, 6.45) is 2.72. The van der Waals surface area contributed by atoms with Crippen LogP contribution in [0.15, 0.2) is 30.3 Å². The number of carbonyl (C=O) groups is 3. The number of rotatable bonds is 6. The van der Waals surface area contributed by atoms with E-state index in [1.807, 2.05) is 40.1 Å². The molecule has 2 aliphatic heterocycles. The quantitative estimate of drug-likeness (QED) is 0.770. The summed E-state index contributed by atoms with van der Waals surface area (Å²) in [5, 5.41) is 9.34. The highest BCUT2D eigenvalue weighted by Gasteiger charge is 2.33. The number of carbonyl (C=O) groups excluding carboxylic acids is 2. The third-order valence-electron chi connectivity index (χ3n) is 6.49. The molecular formula is C23H33N3O4. The molecule has 1 aromatic carbocycles. The number of aliphatic carboxylic acids is 1. The summed E-state index contributed by atoms with van der Waals surface area (Å²) >= 11 is 0. The molecule has 2 fully saturated rings. The molecule has 0 aromatic heterocycles. The van der Waals surface area contributed by atoms with Gasteiger partial charge in [0.1, 0.15) is 0 Å². The molecule has 7 nitrogen and oxygen atoms in total. The van der Waals surface area contributed by atoms with Crippen LogP contribution < -0.4 is 0 Å². The van der Waals surface area contributed by atoms with Crippen molar-refractivity contribution >= 4 is 17.8 Å². The van der Waals surface area contributed by atoms with E-state index < -0.39 is 5.97 Å². The van der Waals surface area contributed by atoms with Gasteiger partial charge < -0.3 is 19.8 Å². The van der Waals surface area contributed by atoms with Gasteiger partial charge in [-0.05, 0) is 56.3 Å². The van der Waals surface area contributed by atoms with Crippen LogP contribution in [0.2, 0.25) is 0 Å². The minimum Gasteiger partial charge on any atom is -0.481 e. The van der Waals surface area contributed by atoms with Gasteiger partial charge in [-0.2, -0.15) is 0 Å². The lowest BCUT2D eigenvalue weighted by Crippen LogP contribution is -2.45. The summed E-state index contributed by atoms with van der Waals surface area (Å²) in [5.41, 5.74) is 0.685. The first-order chi connectivity index (χ1) is 14.4. The molecule has 1 aromatic rings. The fourth-order valence-corrected chi connectivity index (χ4v) is 4.71. The van der Waals surface area contributed by atoms with Crippen LogP contribution in [0.5, 0.6) is 0 Å². The van der Waals surface area contributed by atoms with E-state index in [0.29, 0.717) is 18.7 Å². The topological polar surface area (TPSA) is 81.2 Å². The summed E-state index contributed by atoms with van der Waals surface area (Å²) in [5.74, 6) is -0.334. The van der Waals surface area contributed by atoms with Crippen molar-refractivity contribution in [1.29, 1.82) is 0 Å². The number of nitrogens with zero attached hydrogens (tertiary/aromatic N) is 3. The third kappa shape index (κ3) is 6.05. The van der Waals surface area contributed by atoms with Crippen LogP contribution in [0, 0.1) is 11.8 Å². The molecule has 0 bridgehead atoms. The number of hydrogen-bond donors (Lipinski definition) is 1. The maximum Gasteiger partial charge on any atom is 0.303 e. The van der Waals surface area contributed by atoms with Gasteiger partial charge in [0.25, 0.3) is 5.91 Å². The summed E-state index contributed by atoms with van der Waals surface area (Å²) in [6, 6.07) is 9.29. The first kappa shape index (κ1) is 22.3. The highest BCUT2D eigenvalue weighted by Crippen LogP contribution is 2.30. The molecule has 164 valence electrons. The van der Waals surface area contributed by atoms with Crippen molar-refractivity contribution < 1.29 is 19.5 Å². The van der Waals surface area contributed by atoms with E-state index in [4.69, 9.17) is 0 Å². The predicted octanol–water partition coefficient (Wildman–Crippen LogP) is 2.18. The lowest BCUT2D eigenvalue weighted by Gasteiger charge is -2.39. The van der Waals surface area contributed by atoms with Crippen molar-refractivity contribution in [2.75, 3.05) is 45.8 Å². The molecule has 2 unspecified atom stereocenters. The van der Waals surface area contributed by atoms with Crippen molar-refractivity contribution in [2.45, 2.75) is 32.6 Å². The number of likely N-dealkylation sites (tertiary alicyclic amines) is 1. The van der Waals surface area contributed by atoms with Gasteiger partial charge in [-0.3, -0.25) is 14.4 Å². The molecule has 2 aliphatic rings. The Labute approximate surface area is 178 Å². The first-order valence-electron chi connectivity index (χ1n) is 11.0.